The van der Waals surface area contributed by atoms with Gasteiger partial charge in [0.05, 0.1) is 5.69 Å². The number of rotatable bonds is 8. The van der Waals surface area contributed by atoms with Crippen LogP contribution in [0.1, 0.15) is 58.2 Å². The molecule has 1 heterocycles. The number of ether oxygens (including phenoxy) is 1. The molecule has 1 atom stereocenters. The van der Waals surface area contributed by atoms with E-state index in [-0.39, 0.29) is 11.6 Å². The zero-order chi connectivity index (χ0) is 14.5. The molecule has 1 unspecified atom stereocenters. The Morgan fingerprint density at radius 2 is 1.95 bits per heavy atom. The molecule has 2 N–H and O–H groups in total. The summed E-state index contributed by atoms with van der Waals surface area (Å²) >= 11 is 1.71. The van der Waals surface area contributed by atoms with E-state index in [1.807, 2.05) is 6.92 Å². The fourth-order valence-corrected chi connectivity index (χ4v) is 3.31. The second-order valence-corrected chi connectivity index (χ2v) is 6.25. The minimum atomic E-state index is -0.209. The van der Waals surface area contributed by atoms with E-state index in [9.17, 15) is 0 Å². The maximum absolute atomic E-state index is 6.12. The van der Waals surface area contributed by atoms with Gasteiger partial charge < -0.3 is 10.5 Å². The van der Waals surface area contributed by atoms with Crippen LogP contribution in [0.15, 0.2) is 5.38 Å². The summed E-state index contributed by atoms with van der Waals surface area (Å²) in [6, 6.07) is 0.180. The van der Waals surface area contributed by atoms with E-state index < -0.39 is 0 Å². The lowest BCUT2D eigenvalue weighted by Crippen LogP contribution is -2.30. The molecule has 1 aromatic rings. The van der Waals surface area contributed by atoms with E-state index in [0.717, 1.165) is 36.6 Å². The van der Waals surface area contributed by atoms with E-state index >= 15 is 0 Å². The van der Waals surface area contributed by atoms with Crippen molar-refractivity contribution < 1.29 is 4.74 Å². The van der Waals surface area contributed by atoms with Gasteiger partial charge in [-0.1, -0.05) is 27.7 Å². The minimum absolute atomic E-state index is 0.180. The Kier molecular flexibility index (Phi) is 6.43. The van der Waals surface area contributed by atoms with E-state index in [4.69, 9.17) is 15.5 Å². The predicted molar refractivity (Wildman–Crippen MR) is 82.5 cm³/mol. The van der Waals surface area contributed by atoms with E-state index in [0.29, 0.717) is 5.92 Å². The fourth-order valence-electron chi connectivity index (χ4n) is 2.18. The van der Waals surface area contributed by atoms with Crippen molar-refractivity contribution in [2.24, 2.45) is 11.7 Å². The van der Waals surface area contributed by atoms with Gasteiger partial charge in [-0.15, -0.1) is 11.3 Å². The summed E-state index contributed by atoms with van der Waals surface area (Å²) in [5.74, 6) is 0.485. The molecular weight excluding hydrogens is 256 g/mol. The van der Waals surface area contributed by atoms with Crippen molar-refractivity contribution in [2.45, 2.75) is 65.5 Å². The third kappa shape index (κ3) is 4.01. The minimum Gasteiger partial charge on any atom is -0.368 e. The first kappa shape index (κ1) is 16.6. The molecule has 0 spiro atoms. The third-order valence-electron chi connectivity index (χ3n) is 3.81. The summed E-state index contributed by atoms with van der Waals surface area (Å²) in [6.07, 6.45) is 2.77. The maximum Gasteiger partial charge on any atom is 0.125 e. The second-order valence-electron chi connectivity index (χ2n) is 5.39. The topological polar surface area (TPSA) is 48.1 Å². The number of nitrogens with two attached hydrogens (primary N) is 1. The predicted octanol–water partition coefficient (Wildman–Crippen LogP) is 3.72. The van der Waals surface area contributed by atoms with Crippen molar-refractivity contribution in [3.63, 3.8) is 0 Å². The van der Waals surface area contributed by atoms with Gasteiger partial charge in [0, 0.05) is 24.4 Å². The zero-order valence-corrected chi connectivity index (χ0v) is 13.7. The number of aromatic nitrogens is 1. The van der Waals surface area contributed by atoms with Crippen molar-refractivity contribution in [1.29, 1.82) is 0 Å². The maximum atomic E-state index is 6.12. The molecule has 0 radical (unpaired) electrons. The van der Waals surface area contributed by atoms with Crippen LogP contribution in [-0.2, 0) is 16.8 Å². The molecule has 1 rings (SSSR count). The van der Waals surface area contributed by atoms with Crippen LogP contribution in [0.3, 0.4) is 0 Å². The highest BCUT2D eigenvalue weighted by Gasteiger charge is 2.32. The molecule has 1 aromatic heterocycles. The molecule has 110 valence electrons. The molecule has 19 heavy (non-hydrogen) atoms. The number of thiazole rings is 1. The standard InChI is InChI=1S/C15H28N2OS/c1-6-15(7-2,18-8-3)14-17-12(10-19-14)9-13(16)11(4)5/h10-11,13H,6-9,16H2,1-5H3. The van der Waals surface area contributed by atoms with Crippen LogP contribution in [0.2, 0.25) is 0 Å². The molecule has 0 aliphatic carbocycles. The van der Waals surface area contributed by atoms with E-state index in [1.54, 1.807) is 11.3 Å². The molecule has 0 bridgehead atoms. The summed E-state index contributed by atoms with van der Waals surface area (Å²) in [5.41, 5.74) is 7.02. The Labute approximate surface area is 121 Å². The smallest absolute Gasteiger partial charge is 0.125 e. The van der Waals surface area contributed by atoms with Crippen LogP contribution in [0.25, 0.3) is 0 Å². The Hall–Kier alpha value is -0.450. The van der Waals surface area contributed by atoms with Gasteiger partial charge in [-0.2, -0.15) is 0 Å². The zero-order valence-electron chi connectivity index (χ0n) is 12.9. The van der Waals surface area contributed by atoms with Gasteiger partial charge >= 0.3 is 0 Å². The van der Waals surface area contributed by atoms with Crippen molar-refractivity contribution in [2.75, 3.05) is 6.61 Å². The monoisotopic (exact) mass is 284 g/mol. The number of hydrogen-bond acceptors (Lipinski definition) is 4. The first-order valence-electron chi connectivity index (χ1n) is 7.33. The summed E-state index contributed by atoms with van der Waals surface area (Å²) in [4.78, 5) is 4.78. The fraction of sp³-hybridized carbons (Fsp3) is 0.800. The Balaban J connectivity index is 2.87. The van der Waals surface area contributed by atoms with Crippen LogP contribution in [-0.4, -0.2) is 17.6 Å². The summed E-state index contributed by atoms with van der Waals surface area (Å²) in [6.45, 7) is 11.4. The van der Waals surface area contributed by atoms with Crippen molar-refractivity contribution in [3.8, 4) is 0 Å². The Morgan fingerprint density at radius 3 is 2.42 bits per heavy atom. The van der Waals surface area contributed by atoms with Gasteiger partial charge in [0.1, 0.15) is 10.6 Å². The van der Waals surface area contributed by atoms with Gasteiger partial charge in [-0.3, -0.25) is 0 Å². The lowest BCUT2D eigenvalue weighted by atomic mass is 9.97. The second kappa shape index (κ2) is 7.36. The van der Waals surface area contributed by atoms with Crippen molar-refractivity contribution in [3.05, 3.63) is 16.1 Å². The largest absolute Gasteiger partial charge is 0.368 e. The van der Waals surface area contributed by atoms with Gasteiger partial charge in [0.2, 0.25) is 0 Å². The van der Waals surface area contributed by atoms with Gasteiger partial charge in [0.15, 0.2) is 0 Å². The number of hydrogen-bond donors (Lipinski definition) is 1. The van der Waals surface area contributed by atoms with E-state index in [2.05, 4.69) is 33.1 Å². The Bertz CT molecular complexity index is 372. The number of nitrogens with zero attached hydrogens (tertiary/aromatic N) is 1. The molecule has 0 aromatic carbocycles. The summed E-state index contributed by atoms with van der Waals surface area (Å²) in [5, 5.41) is 3.24. The normalized spacial score (nSPS) is 14.1. The van der Waals surface area contributed by atoms with Crippen LogP contribution in [0.5, 0.6) is 0 Å². The highest BCUT2D eigenvalue weighted by atomic mass is 32.1. The SMILES string of the molecule is CCOC(CC)(CC)c1nc(CC(N)C(C)C)cs1. The third-order valence-corrected chi connectivity index (χ3v) is 4.88. The molecule has 0 saturated carbocycles. The van der Waals surface area contributed by atoms with Crippen LogP contribution in [0.4, 0.5) is 0 Å². The highest BCUT2D eigenvalue weighted by molar-refractivity contribution is 7.09. The average Bonchev–Trinajstić information content (AvgIpc) is 2.85. The molecule has 0 amide bonds. The Morgan fingerprint density at radius 1 is 1.32 bits per heavy atom. The summed E-state index contributed by atoms with van der Waals surface area (Å²) < 4.78 is 6.00. The quantitative estimate of drug-likeness (QED) is 0.791. The van der Waals surface area contributed by atoms with Crippen molar-refractivity contribution in [1.82, 2.24) is 4.98 Å². The average molecular weight is 284 g/mol. The molecular formula is C15H28N2OS. The molecule has 0 fully saturated rings. The molecule has 0 saturated heterocycles. The van der Waals surface area contributed by atoms with Gasteiger partial charge in [-0.25, -0.2) is 4.98 Å². The molecule has 0 aliphatic rings. The molecule has 4 heteroatoms. The first-order valence-corrected chi connectivity index (χ1v) is 8.21. The molecule has 0 aliphatic heterocycles. The van der Waals surface area contributed by atoms with Crippen LogP contribution in [0, 0.1) is 5.92 Å². The van der Waals surface area contributed by atoms with Gasteiger partial charge in [-0.05, 0) is 25.7 Å². The van der Waals surface area contributed by atoms with E-state index in [1.165, 1.54) is 0 Å². The lowest BCUT2D eigenvalue weighted by Gasteiger charge is -2.29. The van der Waals surface area contributed by atoms with Crippen LogP contribution < -0.4 is 5.73 Å². The van der Waals surface area contributed by atoms with Gasteiger partial charge in [0.25, 0.3) is 0 Å². The lowest BCUT2D eigenvalue weighted by molar-refractivity contribution is -0.0507. The first-order chi connectivity index (χ1) is 8.99. The summed E-state index contributed by atoms with van der Waals surface area (Å²) in [7, 11) is 0. The highest BCUT2D eigenvalue weighted by Crippen LogP contribution is 2.35. The van der Waals surface area contributed by atoms with Crippen molar-refractivity contribution >= 4 is 11.3 Å². The molecule has 3 nitrogen and oxygen atoms in total. The van der Waals surface area contributed by atoms with Crippen LogP contribution >= 0.6 is 11.3 Å².